The molecule has 0 saturated carbocycles. The minimum atomic E-state index is -1.59. The Kier molecular flexibility index (Phi) is 5.24. The Morgan fingerprint density at radius 3 is 2.35 bits per heavy atom. The molecule has 7 N–H and O–H groups in total. The Morgan fingerprint density at radius 2 is 1.71 bits per heavy atom. The molecule has 1 saturated heterocycles. The van der Waals surface area contributed by atoms with Crippen LogP contribution in [0.25, 0.3) is 5.69 Å². The average Bonchev–Trinajstić information content (AvgIpc) is 3.02. The summed E-state index contributed by atoms with van der Waals surface area (Å²) in [6.07, 6.45) is -7.18. The third-order valence-electron chi connectivity index (χ3n) is 5.15. The number of nitrogens with zero attached hydrogens (tertiary/aromatic N) is 1. The third kappa shape index (κ3) is 3.45. The smallest absolute Gasteiger partial charge is 0.262 e. The second kappa shape index (κ2) is 7.76. The van der Waals surface area contributed by atoms with Gasteiger partial charge in [0.05, 0.1) is 23.4 Å². The van der Waals surface area contributed by atoms with Crippen molar-refractivity contribution in [3.05, 3.63) is 51.8 Å². The molecule has 4 rings (SSSR count). The van der Waals surface area contributed by atoms with Crippen molar-refractivity contribution in [1.29, 1.82) is 0 Å². The highest BCUT2D eigenvalue weighted by atomic mass is 16.7. The normalized spacial score (nSPS) is 27.7. The number of hydrogen-bond acceptors (Lipinski definition) is 10. The van der Waals surface area contributed by atoms with Crippen molar-refractivity contribution >= 4 is 17.6 Å². The van der Waals surface area contributed by atoms with Gasteiger partial charge in [0.2, 0.25) is 6.29 Å². The van der Waals surface area contributed by atoms with Gasteiger partial charge in [0.25, 0.3) is 17.4 Å². The molecule has 2 aliphatic heterocycles. The number of fused-ring (bicyclic) bond motifs is 1. The minimum absolute atomic E-state index is 0.0914. The lowest BCUT2D eigenvalue weighted by Gasteiger charge is -2.39. The number of pyridine rings is 1. The van der Waals surface area contributed by atoms with Gasteiger partial charge in [-0.1, -0.05) is 0 Å². The van der Waals surface area contributed by atoms with Gasteiger partial charge in [-0.25, -0.2) is 0 Å². The average molecular weight is 433 g/mol. The fourth-order valence-corrected chi connectivity index (χ4v) is 3.52. The van der Waals surface area contributed by atoms with Gasteiger partial charge in [0, 0.05) is 6.07 Å². The fraction of sp³-hybridized carbons (Fsp3) is 0.316. The SMILES string of the molecule is Nc1c2c(cc(=O)n1-c1ccc(OC3OC(CO)C(O)C(O)C3O)cc1)C(=O)NC2=O. The van der Waals surface area contributed by atoms with Gasteiger partial charge in [-0.15, -0.1) is 0 Å². The summed E-state index contributed by atoms with van der Waals surface area (Å²) in [7, 11) is 0. The van der Waals surface area contributed by atoms with E-state index in [1.54, 1.807) is 0 Å². The molecule has 5 unspecified atom stereocenters. The first-order chi connectivity index (χ1) is 14.7. The highest BCUT2D eigenvalue weighted by molar-refractivity contribution is 6.23. The summed E-state index contributed by atoms with van der Waals surface area (Å²) >= 11 is 0. The Hall–Kier alpha value is -3.29. The summed E-state index contributed by atoms with van der Waals surface area (Å²) in [5, 5.41) is 41.0. The molecule has 0 bridgehead atoms. The summed E-state index contributed by atoms with van der Waals surface area (Å²) in [5.41, 5.74) is 5.45. The molecule has 3 heterocycles. The topological polar surface area (TPSA) is 194 Å². The quantitative estimate of drug-likeness (QED) is 0.280. The number of amides is 2. The van der Waals surface area contributed by atoms with Crippen LogP contribution in [0.3, 0.4) is 0 Å². The number of carbonyl (C=O) groups is 2. The van der Waals surface area contributed by atoms with Crippen molar-refractivity contribution in [2.24, 2.45) is 0 Å². The van der Waals surface area contributed by atoms with Crippen molar-refractivity contribution in [1.82, 2.24) is 9.88 Å². The van der Waals surface area contributed by atoms with E-state index in [9.17, 15) is 34.8 Å². The van der Waals surface area contributed by atoms with E-state index < -0.39 is 54.7 Å². The van der Waals surface area contributed by atoms with Crippen molar-refractivity contribution in [2.75, 3.05) is 12.3 Å². The standard InChI is InChI=1S/C19H19N3O9/c20-16-12-9(17(28)21-18(12)29)5-11(24)22(16)7-1-3-8(4-2-7)30-19-15(27)14(26)13(25)10(6-23)31-19/h1-5,10,13-15,19,23,25-27H,6,20H2,(H,21,28,29). The number of aliphatic hydroxyl groups excluding tert-OH is 4. The van der Waals surface area contributed by atoms with Crippen LogP contribution in [0.1, 0.15) is 20.7 Å². The lowest BCUT2D eigenvalue weighted by atomic mass is 9.99. The number of ether oxygens (including phenoxy) is 2. The number of benzene rings is 1. The first kappa shape index (κ1) is 21.0. The maximum Gasteiger partial charge on any atom is 0.262 e. The Balaban J connectivity index is 1.60. The molecule has 0 aliphatic carbocycles. The van der Waals surface area contributed by atoms with Crippen LogP contribution in [0.5, 0.6) is 5.75 Å². The summed E-state index contributed by atoms with van der Waals surface area (Å²) in [5.74, 6) is -1.42. The van der Waals surface area contributed by atoms with Crippen molar-refractivity contribution in [2.45, 2.75) is 30.7 Å². The number of carbonyl (C=O) groups excluding carboxylic acids is 2. The van der Waals surface area contributed by atoms with Crippen LogP contribution in [0.2, 0.25) is 0 Å². The van der Waals surface area contributed by atoms with Gasteiger partial charge in [-0.3, -0.25) is 24.3 Å². The summed E-state index contributed by atoms with van der Waals surface area (Å²) < 4.78 is 11.8. The molecule has 5 atom stereocenters. The molecule has 2 aliphatic rings. The van der Waals surface area contributed by atoms with E-state index in [0.717, 1.165) is 10.6 Å². The minimum Gasteiger partial charge on any atom is -0.462 e. The summed E-state index contributed by atoms with van der Waals surface area (Å²) in [4.78, 5) is 36.2. The molecule has 12 heteroatoms. The molecule has 12 nitrogen and oxygen atoms in total. The van der Waals surface area contributed by atoms with Crippen molar-refractivity contribution < 1.29 is 39.5 Å². The van der Waals surface area contributed by atoms with E-state index in [1.165, 1.54) is 24.3 Å². The van der Waals surface area contributed by atoms with E-state index in [4.69, 9.17) is 15.2 Å². The molecule has 1 aromatic heterocycles. The molecule has 2 aromatic rings. The molecule has 31 heavy (non-hydrogen) atoms. The lowest BCUT2D eigenvalue weighted by Crippen LogP contribution is -2.60. The Morgan fingerprint density at radius 1 is 1.03 bits per heavy atom. The van der Waals surface area contributed by atoms with Crippen LogP contribution >= 0.6 is 0 Å². The van der Waals surface area contributed by atoms with E-state index in [1.807, 2.05) is 0 Å². The van der Waals surface area contributed by atoms with E-state index in [-0.39, 0.29) is 28.4 Å². The zero-order chi connectivity index (χ0) is 22.4. The number of aliphatic hydroxyl groups is 4. The number of imide groups is 1. The largest absolute Gasteiger partial charge is 0.462 e. The van der Waals surface area contributed by atoms with Gasteiger partial charge in [-0.2, -0.15) is 0 Å². The second-order valence-electron chi connectivity index (χ2n) is 7.08. The van der Waals surface area contributed by atoms with Crippen LogP contribution in [-0.2, 0) is 4.74 Å². The number of nitrogen functional groups attached to an aromatic ring is 1. The Labute approximate surface area is 174 Å². The molecule has 0 radical (unpaired) electrons. The van der Waals surface area contributed by atoms with Crippen LogP contribution < -0.4 is 21.3 Å². The zero-order valence-corrected chi connectivity index (χ0v) is 15.8. The monoisotopic (exact) mass is 433 g/mol. The molecular formula is C19H19N3O9. The maximum atomic E-state index is 12.5. The van der Waals surface area contributed by atoms with Gasteiger partial charge in [-0.05, 0) is 24.3 Å². The zero-order valence-electron chi connectivity index (χ0n) is 15.8. The summed E-state index contributed by atoms with van der Waals surface area (Å²) in [6, 6.07) is 6.74. The van der Waals surface area contributed by atoms with Crippen LogP contribution in [0, 0.1) is 0 Å². The summed E-state index contributed by atoms with van der Waals surface area (Å²) in [6.45, 7) is -0.597. The van der Waals surface area contributed by atoms with Crippen LogP contribution in [0.4, 0.5) is 5.82 Å². The van der Waals surface area contributed by atoms with Crippen LogP contribution in [-0.4, -0.2) is 74.1 Å². The predicted octanol–water partition coefficient (Wildman–Crippen LogP) is -2.52. The molecule has 2 amide bonds. The maximum absolute atomic E-state index is 12.5. The highest BCUT2D eigenvalue weighted by Gasteiger charge is 2.44. The van der Waals surface area contributed by atoms with Gasteiger partial charge >= 0.3 is 0 Å². The molecule has 0 spiro atoms. The van der Waals surface area contributed by atoms with Gasteiger partial charge in [0.15, 0.2) is 0 Å². The van der Waals surface area contributed by atoms with E-state index in [0.29, 0.717) is 0 Å². The van der Waals surface area contributed by atoms with Crippen LogP contribution in [0.15, 0.2) is 35.1 Å². The second-order valence-corrected chi connectivity index (χ2v) is 7.08. The molecule has 164 valence electrons. The number of hydrogen-bond donors (Lipinski definition) is 6. The molecule has 1 aromatic carbocycles. The first-order valence-electron chi connectivity index (χ1n) is 9.21. The van der Waals surface area contributed by atoms with E-state index >= 15 is 0 Å². The highest BCUT2D eigenvalue weighted by Crippen LogP contribution is 2.26. The molecule has 1 fully saturated rings. The number of aromatic nitrogens is 1. The van der Waals surface area contributed by atoms with Crippen molar-refractivity contribution in [3.63, 3.8) is 0 Å². The third-order valence-corrected chi connectivity index (χ3v) is 5.15. The Bertz CT molecular complexity index is 1100. The number of nitrogens with one attached hydrogen (secondary N) is 1. The number of anilines is 1. The predicted molar refractivity (Wildman–Crippen MR) is 103 cm³/mol. The molecular weight excluding hydrogens is 414 g/mol. The first-order valence-corrected chi connectivity index (χ1v) is 9.21. The van der Waals surface area contributed by atoms with E-state index in [2.05, 4.69) is 5.32 Å². The van der Waals surface area contributed by atoms with Crippen molar-refractivity contribution in [3.8, 4) is 11.4 Å². The fourth-order valence-electron chi connectivity index (χ4n) is 3.52. The lowest BCUT2D eigenvalue weighted by molar-refractivity contribution is -0.277. The van der Waals surface area contributed by atoms with Gasteiger partial charge < -0.3 is 35.6 Å². The number of rotatable bonds is 4. The number of nitrogens with two attached hydrogens (primary N) is 1. The van der Waals surface area contributed by atoms with Gasteiger partial charge in [0.1, 0.15) is 36.0 Å².